The van der Waals surface area contributed by atoms with Crippen LogP contribution in [0, 0.1) is 5.92 Å². The fourth-order valence-corrected chi connectivity index (χ4v) is 1.68. The molecule has 0 aliphatic heterocycles. The minimum atomic E-state index is 0.107. The summed E-state index contributed by atoms with van der Waals surface area (Å²) in [7, 11) is 0. The van der Waals surface area contributed by atoms with Gasteiger partial charge in [-0.2, -0.15) is 0 Å². The van der Waals surface area contributed by atoms with Crippen LogP contribution in [0.1, 0.15) is 53.2 Å². The molecule has 0 atom stereocenters. The van der Waals surface area contributed by atoms with Gasteiger partial charge in [-0.3, -0.25) is 4.98 Å². The highest BCUT2D eigenvalue weighted by molar-refractivity contribution is 5.22. The van der Waals surface area contributed by atoms with Crippen molar-refractivity contribution < 1.29 is 4.74 Å². The molecule has 0 aliphatic rings. The van der Waals surface area contributed by atoms with Crippen LogP contribution in [0.5, 0.6) is 5.75 Å². The predicted molar refractivity (Wildman–Crippen MR) is 80.4 cm³/mol. The van der Waals surface area contributed by atoms with Gasteiger partial charge in [-0.05, 0) is 45.6 Å². The summed E-state index contributed by atoms with van der Waals surface area (Å²) >= 11 is 0. The van der Waals surface area contributed by atoms with E-state index in [1.54, 1.807) is 0 Å². The van der Waals surface area contributed by atoms with Crippen LogP contribution in [0.25, 0.3) is 0 Å². The molecule has 1 rings (SSSR count). The number of rotatable bonds is 7. The second kappa shape index (κ2) is 7.49. The van der Waals surface area contributed by atoms with E-state index < -0.39 is 0 Å². The van der Waals surface area contributed by atoms with Gasteiger partial charge < -0.3 is 10.1 Å². The maximum Gasteiger partial charge on any atom is 0.122 e. The highest BCUT2D eigenvalue weighted by Crippen LogP contribution is 2.13. The van der Waals surface area contributed by atoms with E-state index in [-0.39, 0.29) is 5.54 Å². The minimum Gasteiger partial charge on any atom is -0.493 e. The molecular formula is C16H28N2O. The Kier molecular flexibility index (Phi) is 6.29. The summed E-state index contributed by atoms with van der Waals surface area (Å²) in [5.74, 6) is 1.66. The number of nitrogens with zero attached hydrogens (tertiary/aromatic N) is 1. The lowest BCUT2D eigenvalue weighted by Gasteiger charge is -2.20. The molecule has 0 saturated heterocycles. The highest BCUT2D eigenvalue weighted by Gasteiger charge is 2.09. The van der Waals surface area contributed by atoms with Crippen molar-refractivity contribution in [3.05, 3.63) is 24.0 Å². The Morgan fingerprint density at radius 1 is 1.32 bits per heavy atom. The quantitative estimate of drug-likeness (QED) is 0.761. The van der Waals surface area contributed by atoms with Crippen LogP contribution in [0.4, 0.5) is 0 Å². The molecule has 0 unspecified atom stereocenters. The predicted octanol–water partition coefficient (Wildman–Crippen LogP) is 3.78. The Bertz CT molecular complexity index is 369. The van der Waals surface area contributed by atoms with Crippen molar-refractivity contribution in [2.24, 2.45) is 5.92 Å². The van der Waals surface area contributed by atoms with E-state index in [1.807, 2.05) is 18.3 Å². The van der Waals surface area contributed by atoms with Crippen molar-refractivity contribution in [3.63, 3.8) is 0 Å². The largest absolute Gasteiger partial charge is 0.493 e. The third-order valence-electron chi connectivity index (χ3n) is 2.78. The zero-order valence-corrected chi connectivity index (χ0v) is 13.0. The first kappa shape index (κ1) is 16.0. The van der Waals surface area contributed by atoms with Gasteiger partial charge >= 0.3 is 0 Å². The molecule has 1 heterocycles. The Morgan fingerprint density at radius 2 is 2.05 bits per heavy atom. The number of pyridine rings is 1. The Labute approximate surface area is 117 Å². The van der Waals surface area contributed by atoms with Gasteiger partial charge in [-0.1, -0.05) is 13.8 Å². The first-order valence-electron chi connectivity index (χ1n) is 7.19. The second-order valence-electron chi connectivity index (χ2n) is 6.47. The van der Waals surface area contributed by atoms with Gasteiger partial charge in [-0.25, -0.2) is 0 Å². The molecule has 0 spiro atoms. The first-order valence-corrected chi connectivity index (χ1v) is 7.19. The lowest BCUT2D eigenvalue weighted by Crippen LogP contribution is -2.35. The van der Waals surface area contributed by atoms with Crippen molar-refractivity contribution in [1.82, 2.24) is 10.3 Å². The molecule has 3 heteroatoms. The van der Waals surface area contributed by atoms with Gasteiger partial charge in [-0.15, -0.1) is 0 Å². The van der Waals surface area contributed by atoms with Gasteiger partial charge in [0.1, 0.15) is 5.75 Å². The molecule has 0 amide bonds. The molecule has 108 valence electrons. The van der Waals surface area contributed by atoms with Gasteiger partial charge in [0.05, 0.1) is 12.3 Å². The molecule has 0 aliphatic carbocycles. The first-order chi connectivity index (χ1) is 8.87. The summed E-state index contributed by atoms with van der Waals surface area (Å²) in [4.78, 5) is 4.36. The number of ether oxygens (including phenoxy) is 1. The van der Waals surface area contributed by atoms with Gasteiger partial charge in [0.25, 0.3) is 0 Å². The molecule has 19 heavy (non-hydrogen) atoms. The summed E-state index contributed by atoms with van der Waals surface area (Å²) in [6.45, 7) is 12.5. The van der Waals surface area contributed by atoms with E-state index in [2.05, 4.69) is 44.9 Å². The molecule has 0 fully saturated rings. The topological polar surface area (TPSA) is 34.1 Å². The molecule has 1 aromatic rings. The summed E-state index contributed by atoms with van der Waals surface area (Å²) in [5, 5.41) is 3.43. The van der Waals surface area contributed by atoms with E-state index >= 15 is 0 Å². The van der Waals surface area contributed by atoms with Crippen molar-refractivity contribution in [1.29, 1.82) is 0 Å². The summed E-state index contributed by atoms with van der Waals surface area (Å²) in [5.41, 5.74) is 1.13. The van der Waals surface area contributed by atoms with Crippen LogP contribution < -0.4 is 10.1 Å². The molecule has 0 radical (unpaired) electrons. The van der Waals surface area contributed by atoms with Crippen LogP contribution >= 0.6 is 0 Å². The molecule has 0 saturated carbocycles. The Balaban J connectivity index is 2.39. The average Bonchev–Trinajstić information content (AvgIpc) is 2.32. The summed E-state index contributed by atoms with van der Waals surface area (Å²) < 4.78 is 5.76. The maximum atomic E-state index is 5.76. The lowest BCUT2D eigenvalue weighted by atomic mass is 10.1. The minimum absolute atomic E-state index is 0.107. The molecule has 1 aromatic heterocycles. The average molecular weight is 264 g/mol. The van der Waals surface area contributed by atoms with Gasteiger partial charge in [0.2, 0.25) is 0 Å². The van der Waals surface area contributed by atoms with Crippen LogP contribution in [-0.2, 0) is 6.54 Å². The molecule has 0 bridgehead atoms. The maximum absolute atomic E-state index is 5.76. The third kappa shape index (κ3) is 7.83. The normalized spacial score (nSPS) is 11.9. The Hall–Kier alpha value is -1.09. The lowest BCUT2D eigenvalue weighted by molar-refractivity contribution is 0.297. The number of nitrogens with one attached hydrogen (secondary N) is 1. The fraction of sp³-hybridized carbons (Fsp3) is 0.688. The van der Waals surface area contributed by atoms with E-state index in [0.29, 0.717) is 0 Å². The zero-order valence-electron chi connectivity index (χ0n) is 13.0. The van der Waals surface area contributed by atoms with Crippen molar-refractivity contribution in [2.45, 2.75) is 59.5 Å². The van der Waals surface area contributed by atoms with Crippen molar-refractivity contribution in [2.75, 3.05) is 6.61 Å². The zero-order chi connectivity index (χ0) is 14.3. The van der Waals surface area contributed by atoms with E-state index in [9.17, 15) is 0 Å². The highest BCUT2D eigenvalue weighted by atomic mass is 16.5. The number of hydrogen-bond donors (Lipinski definition) is 1. The van der Waals surface area contributed by atoms with Crippen LogP contribution in [0.3, 0.4) is 0 Å². The summed E-state index contributed by atoms with van der Waals surface area (Å²) in [6.07, 6.45) is 4.14. The van der Waals surface area contributed by atoms with Gasteiger partial charge in [0.15, 0.2) is 0 Å². The standard InChI is InChI=1S/C16H28N2O/c1-13(2)7-6-10-19-15-8-9-17-14(11-15)12-18-16(3,4)5/h8-9,11,13,18H,6-7,10,12H2,1-5H3. The van der Waals surface area contributed by atoms with Crippen LogP contribution in [0.2, 0.25) is 0 Å². The molecule has 3 nitrogen and oxygen atoms in total. The summed E-state index contributed by atoms with van der Waals surface area (Å²) in [6, 6.07) is 3.95. The SMILES string of the molecule is CC(C)CCCOc1ccnc(CNC(C)(C)C)c1. The van der Waals surface area contributed by atoms with E-state index in [4.69, 9.17) is 4.74 Å². The van der Waals surface area contributed by atoms with Crippen molar-refractivity contribution >= 4 is 0 Å². The molecular weight excluding hydrogens is 236 g/mol. The monoisotopic (exact) mass is 264 g/mol. The molecule has 1 N–H and O–H groups in total. The van der Waals surface area contributed by atoms with E-state index in [0.717, 1.165) is 36.9 Å². The number of hydrogen-bond acceptors (Lipinski definition) is 3. The van der Waals surface area contributed by atoms with Crippen molar-refractivity contribution in [3.8, 4) is 5.75 Å². The Morgan fingerprint density at radius 3 is 2.68 bits per heavy atom. The van der Waals surface area contributed by atoms with E-state index in [1.165, 1.54) is 6.42 Å². The third-order valence-corrected chi connectivity index (χ3v) is 2.78. The van der Waals surface area contributed by atoms with Crippen LogP contribution in [0.15, 0.2) is 18.3 Å². The molecule has 0 aromatic carbocycles. The fourth-order valence-electron chi connectivity index (χ4n) is 1.68. The smallest absolute Gasteiger partial charge is 0.122 e. The second-order valence-corrected chi connectivity index (χ2v) is 6.47. The van der Waals surface area contributed by atoms with Crippen LogP contribution in [-0.4, -0.2) is 17.1 Å². The van der Waals surface area contributed by atoms with Gasteiger partial charge in [0, 0.05) is 24.3 Å². The number of aromatic nitrogens is 1.